The first-order chi connectivity index (χ1) is 11.5. The van der Waals surface area contributed by atoms with E-state index in [4.69, 9.17) is 0 Å². The summed E-state index contributed by atoms with van der Waals surface area (Å²) < 4.78 is 0. The zero-order valence-electron chi connectivity index (χ0n) is 14.6. The summed E-state index contributed by atoms with van der Waals surface area (Å²) in [5.74, 6) is 1.30. The van der Waals surface area contributed by atoms with Gasteiger partial charge < -0.3 is 4.98 Å². The normalized spacial score (nSPS) is 11.2. The van der Waals surface area contributed by atoms with E-state index in [0.717, 1.165) is 35.1 Å². The van der Waals surface area contributed by atoms with Crippen molar-refractivity contribution in [3.8, 4) is 0 Å². The number of nitrogens with one attached hydrogen (secondary N) is 1. The van der Waals surface area contributed by atoms with Crippen LogP contribution in [0.3, 0.4) is 0 Å². The van der Waals surface area contributed by atoms with Crippen molar-refractivity contribution in [2.75, 3.05) is 0 Å². The Morgan fingerprint density at radius 1 is 1.00 bits per heavy atom. The van der Waals surface area contributed by atoms with E-state index in [2.05, 4.69) is 52.8 Å². The molecule has 0 unspecified atom stereocenters. The molecule has 24 heavy (non-hydrogen) atoms. The van der Waals surface area contributed by atoms with Crippen molar-refractivity contribution < 1.29 is 0 Å². The highest BCUT2D eigenvalue weighted by atomic mass is 16.1. The summed E-state index contributed by atoms with van der Waals surface area (Å²) >= 11 is 0. The van der Waals surface area contributed by atoms with Gasteiger partial charge in [0, 0.05) is 22.8 Å². The molecule has 0 aliphatic carbocycles. The predicted molar refractivity (Wildman–Crippen MR) is 95.4 cm³/mol. The monoisotopic (exact) mass is 322 g/mol. The lowest BCUT2D eigenvalue weighted by Gasteiger charge is -2.09. The minimum absolute atomic E-state index is 0.118. The third kappa shape index (κ3) is 3.35. The Bertz CT molecular complexity index is 959. The SMILES string of the molecule is CCCc1cc(=O)[nH]c(Cc2nc(C)c3cc(C)c(C)cc3n2)n1. The number of fused-ring (bicyclic) bond motifs is 1. The van der Waals surface area contributed by atoms with Crippen LogP contribution in [-0.2, 0) is 12.8 Å². The van der Waals surface area contributed by atoms with Gasteiger partial charge in [-0.05, 0) is 50.5 Å². The predicted octanol–water partition coefficient (Wildman–Crippen LogP) is 3.18. The lowest BCUT2D eigenvalue weighted by Crippen LogP contribution is -2.14. The Labute approximate surface area is 141 Å². The molecule has 0 saturated heterocycles. The highest BCUT2D eigenvalue weighted by Crippen LogP contribution is 2.20. The fourth-order valence-corrected chi connectivity index (χ4v) is 2.86. The molecule has 0 bridgehead atoms. The minimum Gasteiger partial charge on any atom is -0.310 e. The van der Waals surface area contributed by atoms with Gasteiger partial charge in [0.05, 0.1) is 11.9 Å². The molecule has 5 nitrogen and oxygen atoms in total. The van der Waals surface area contributed by atoms with Crippen LogP contribution in [0.5, 0.6) is 0 Å². The van der Waals surface area contributed by atoms with E-state index in [9.17, 15) is 4.79 Å². The van der Waals surface area contributed by atoms with Crippen molar-refractivity contribution in [2.24, 2.45) is 0 Å². The lowest BCUT2D eigenvalue weighted by molar-refractivity contribution is 0.815. The fourth-order valence-electron chi connectivity index (χ4n) is 2.86. The van der Waals surface area contributed by atoms with E-state index in [0.29, 0.717) is 18.1 Å². The van der Waals surface area contributed by atoms with Crippen molar-refractivity contribution in [3.05, 3.63) is 62.7 Å². The molecular formula is C19H22N4O. The van der Waals surface area contributed by atoms with Crippen LogP contribution in [-0.4, -0.2) is 19.9 Å². The molecule has 2 aromatic heterocycles. The van der Waals surface area contributed by atoms with E-state index in [1.54, 1.807) is 6.07 Å². The van der Waals surface area contributed by atoms with Gasteiger partial charge in [0.1, 0.15) is 11.6 Å². The Kier molecular flexibility index (Phi) is 4.42. The summed E-state index contributed by atoms with van der Waals surface area (Å²) in [6.45, 7) is 8.24. The van der Waals surface area contributed by atoms with Gasteiger partial charge in [0.25, 0.3) is 5.56 Å². The second-order valence-corrected chi connectivity index (χ2v) is 6.29. The van der Waals surface area contributed by atoms with Crippen LogP contribution in [0, 0.1) is 20.8 Å². The van der Waals surface area contributed by atoms with Gasteiger partial charge in [0.15, 0.2) is 0 Å². The van der Waals surface area contributed by atoms with Crippen LogP contribution in [0.1, 0.15) is 47.5 Å². The first-order valence-corrected chi connectivity index (χ1v) is 8.30. The molecule has 2 heterocycles. The Morgan fingerprint density at radius 2 is 1.75 bits per heavy atom. The highest BCUT2D eigenvalue weighted by Gasteiger charge is 2.09. The smallest absolute Gasteiger partial charge is 0.251 e. The molecule has 0 amide bonds. The van der Waals surface area contributed by atoms with E-state index in [1.165, 1.54) is 11.1 Å². The molecule has 1 N–H and O–H groups in total. The molecule has 3 rings (SSSR count). The van der Waals surface area contributed by atoms with Crippen molar-refractivity contribution in [1.82, 2.24) is 19.9 Å². The van der Waals surface area contributed by atoms with Crippen molar-refractivity contribution in [2.45, 2.75) is 47.0 Å². The minimum atomic E-state index is -0.118. The molecule has 1 aromatic carbocycles. The topological polar surface area (TPSA) is 71.5 Å². The third-order valence-electron chi connectivity index (χ3n) is 4.22. The van der Waals surface area contributed by atoms with Crippen LogP contribution in [0.15, 0.2) is 23.0 Å². The molecule has 3 aromatic rings. The Balaban J connectivity index is 2.01. The van der Waals surface area contributed by atoms with Crippen molar-refractivity contribution in [1.29, 1.82) is 0 Å². The number of hydrogen-bond acceptors (Lipinski definition) is 4. The van der Waals surface area contributed by atoms with Crippen molar-refractivity contribution >= 4 is 10.9 Å². The number of aromatic nitrogens is 4. The molecule has 5 heteroatoms. The summed E-state index contributed by atoms with van der Waals surface area (Å²) in [7, 11) is 0. The zero-order chi connectivity index (χ0) is 17.3. The third-order valence-corrected chi connectivity index (χ3v) is 4.22. The van der Waals surface area contributed by atoms with Gasteiger partial charge >= 0.3 is 0 Å². The van der Waals surface area contributed by atoms with Crippen LogP contribution in [0.25, 0.3) is 10.9 Å². The number of rotatable bonds is 4. The molecule has 0 aliphatic heterocycles. The molecule has 0 radical (unpaired) electrons. The van der Waals surface area contributed by atoms with E-state index >= 15 is 0 Å². The Hall–Kier alpha value is -2.56. The maximum absolute atomic E-state index is 11.8. The summed E-state index contributed by atoms with van der Waals surface area (Å²) in [5, 5.41) is 1.07. The number of H-pyrrole nitrogens is 1. The lowest BCUT2D eigenvalue weighted by atomic mass is 10.1. The zero-order valence-corrected chi connectivity index (χ0v) is 14.6. The summed E-state index contributed by atoms with van der Waals surface area (Å²) in [6.07, 6.45) is 2.18. The maximum atomic E-state index is 11.8. The first kappa shape index (κ1) is 16.3. The fraction of sp³-hybridized carbons (Fsp3) is 0.368. The molecule has 0 atom stereocenters. The largest absolute Gasteiger partial charge is 0.310 e. The maximum Gasteiger partial charge on any atom is 0.251 e. The molecule has 0 spiro atoms. The van der Waals surface area contributed by atoms with Crippen LogP contribution >= 0.6 is 0 Å². The number of nitrogens with zero attached hydrogens (tertiary/aromatic N) is 3. The van der Waals surface area contributed by atoms with Crippen LogP contribution < -0.4 is 5.56 Å². The number of benzene rings is 1. The standard InChI is InChI=1S/C19H22N4O/c1-5-6-14-9-19(24)23-18(21-14)10-17-20-13(4)15-7-11(2)12(3)8-16(15)22-17/h7-9H,5-6,10H2,1-4H3,(H,21,23,24). The quantitative estimate of drug-likeness (QED) is 0.801. The van der Waals surface area contributed by atoms with Gasteiger partial charge in [-0.25, -0.2) is 15.0 Å². The van der Waals surface area contributed by atoms with E-state index in [1.807, 2.05) is 6.92 Å². The van der Waals surface area contributed by atoms with Crippen molar-refractivity contribution in [3.63, 3.8) is 0 Å². The van der Waals surface area contributed by atoms with E-state index in [-0.39, 0.29) is 5.56 Å². The van der Waals surface area contributed by atoms with Gasteiger partial charge in [-0.2, -0.15) is 0 Å². The average molecular weight is 322 g/mol. The van der Waals surface area contributed by atoms with Gasteiger partial charge in [-0.15, -0.1) is 0 Å². The molecule has 0 aliphatic rings. The van der Waals surface area contributed by atoms with Gasteiger partial charge in [-0.1, -0.05) is 13.3 Å². The van der Waals surface area contributed by atoms with Gasteiger partial charge in [-0.3, -0.25) is 4.79 Å². The summed E-state index contributed by atoms with van der Waals surface area (Å²) in [6, 6.07) is 5.78. The van der Waals surface area contributed by atoms with E-state index < -0.39 is 0 Å². The Morgan fingerprint density at radius 3 is 2.50 bits per heavy atom. The molecular weight excluding hydrogens is 300 g/mol. The van der Waals surface area contributed by atoms with Gasteiger partial charge in [0.2, 0.25) is 0 Å². The number of hydrogen-bond donors (Lipinski definition) is 1. The first-order valence-electron chi connectivity index (χ1n) is 8.30. The molecule has 124 valence electrons. The molecule has 0 fully saturated rings. The second-order valence-electron chi connectivity index (χ2n) is 6.29. The van der Waals surface area contributed by atoms with Crippen LogP contribution in [0.2, 0.25) is 0 Å². The average Bonchev–Trinajstić information content (AvgIpc) is 2.49. The summed E-state index contributed by atoms with van der Waals surface area (Å²) in [5.41, 5.74) is 5.04. The van der Waals surface area contributed by atoms with Crippen LogP contribution in [0.4, 0.5) is 0 Å². The highest BCUT2D eigenvalue weighted by molar-refractivity contribution is 5.82. The number of aromatic amines is 1. The summed E-state index contributed by atoms with van der Waals surface area (Å²) in [4.78, 5) is 28.4. The molecule has 0 saturated carbocycles. The number of aryl methyl sites for hydroxylation is 4. The second kappa shape index (κ2) is 6.51.